The Bertz CT molecular complexity index is 693. The topological polar surface area (TPSA) is 49.8 Å². The summed E-state index contributed by atoms with van der Waals surface area (Å²) in [6.07, 6.45) is 9.76. The number of carbonyl (C=O) groups is 1. The Kier molecular flexibility index (Phi) is 8.56. The maximum absolute atomic E-state index is 12.4. The molecular formula is C24H37NO3. The highest BCUT2D eigenvalue weighted by atomic mass is 16.5. The Morgan fingerprint density at radius 2 is 2.00 bits per heavy atom. The van der Waals surface area contributed by atoms with E-state index in [0.29, 0.717) is 11.7 Å². The van der Waals surface area contributed by atoms with Crippen LogP contribution in [-0.4, -0.2) is 36.6 Å². The lowest BCUT2D eigenvalue weighted by molar-refractivity contribution is -0.135. The SMILES string of the molecule is CCCCCc1cc(O)c([C@@H]2C=C(C)CC[C@H]2CC)c(OC(=O)CN(C)C)c1. The van der Waals surface area contributed by atoms with Crippen LogP contribution in [0.25, 0.3) is 0 Å². The number of hydrogen-bond donors (Lipinski definition) is 1. The number of nitrogens with zero attached hydrogens (tertiary/aromatic N) is 1. The molecule has 0 amide bonds. The molecule has 0 heterocycles. The number of phenolic OH excluding ortho intramolecular Hbond substituents is 1. The molecule has 1 aromatic carbocycles. The number of carbonyl (C=O) groups excluding carboxylic acids is 1. The van der Waals surface area contributed by atoms with Gasteiger partial charge in [-0.2, -0.15) is 0 Å². The highest BCUT2D eigenvalue weighted by Gasteiger charge is 2.30. The lowest BCUT2D eigenvalue weighted by Gasteiger charge is -2.31. The van der Waals surface area contributed by atoms with Gasteiger partial charge in [-0.15, -0.1) is 0 Å². The number of rotatable bonds is 9. The van der Waals surface area contributed by atoms with Crippen LogP contribution in [0, 0.1) is 5.92 Å². The average Bonchev–Trinajstić information content (AvgIpc) is 2.61. The van der Waals surface area contributed by atoms with Crippen molar-refractivity contribution >= 4 is 5.97 Å². The van der Waals surface area contributed by atoms with E-state index in [1.807, 2.05) is 26.2 Å². The van der Waals surface area contributed by atoms with Crippen LogP contribution in [-0.2, 0) is 11.2 Å². The van der Waals surface area contributed by atoms with Crippen molar-refractivity contribution in [1.82, 2.24) is 4.90 Å². The molecule has 156 valence electrons. The summed E-state index contributed by atoms with van der Waals surface area (Å²) in [5, 5.41) is 10.9. The summed E-state index contributed by atoms with van der Waals surface area (Å²) in [5.74, 6) is 1.04. The highest BCUT2D eigenvalue weighted by molar-refractivity contribution is 5.75. The third-order valence-corrected chi connectivity index (χ3v) is 5.66. The van der Waals surface area contributed by atoms with Crippen LogP contribution in [0.15, 0.2) is 23.8 Å². The molecule has 0 radical (unpaired) electrons. The zero-order valence-electron chi connectivity index (χ0n) is 18.3. The first-order chi connectivity index (χ1) is 13.3. The van der Waals surface area contributed by atoms with E-state index in [1.165, 1.54) is 5.57 Å². The van der Waals surface area contributed by atoms with Crippen LogP contribution >= 0.6 is 0 Å². The van der Waals surface area contributed by atoms with Gasteiger partial charge in [0.2, 0.25) is 0 Å². The minimum atomic E-state index is -0.291. The molecule has 0 fully saturated rings. The fourth-order valence-corrected chi connectivity index (χ4v) is 4.12. The van der Waals surface area contributed by atoms with Crippen molar-refractivity contribution in [2.75, 3.05) is 20.6 Å². The molecular weight excluding hydrogens is 350 g/mol. The van der Waals surface area contributed by atoms with E-state index in [-0.39, 0.29) is 24.2 Å². The van der Waals surface area contributed by atoms with E-state index in [4.69, 9.17) is 4.74 Å². The van der Waals surface area contributed by atoms with Crippen molar-refractivity contribution in [2.45, 2.75) is 71.6 Å². The molecule has 4 heteroatoms. The summed E-state index contributed by atoms with van der Waals surface area (Å²) in [6.45, 7) is 6.74. The van der Waals surface area contributed by atoms with Crippen molar-refractivity contribution in [2.24, 2.45) is 5.92 Å². The van der Waals surface area contributed by atoms with Gasteiger partial charge in [-0.1, -0.05) is 44.8 Å². The molecule has 0 aliphatic heterocycles. The normalized spacial score (nSPS) is 19.6. The second-order valence-corrected chi connectivity index (χ2v) is 8.44. The van der Waals surface area contributed by atoms with Crippen LogP contribution in [0.4, 0.5) is 0 Å². The summed E-state index contributed by atoms with van der Waals surface area (Å²) < 4.78 is 5.80. The number of benzene rings is 1. The number of aryl methyl sites for hydroxylation is 1. The fourth-order valence-electron chi connectivity index (χ4n) is 4.12. The number of esters is 1. The van der Waals surface area contributed by atoms with E-state index in [9.17, 15) is 9.90 Å². The predicted molar refractivity (Wildman–Crippen MR) is 115 cm³/mol. The number of ether oxygens (including phenoxy) is 1. The number of phenols is 1. The van der Waals surface area contributed by atoms with E-state index in [2.05, 4.69) is 26.8 Å². The van der Waals surface area contributed by atoms with E-state index >= 15 is 0 Å². The second kappa shape index (κ2) is 10.7. The van der Waals surface area contributed by atoms with Gasteiger partial charge in [-0.3, -0.25) is 9.69 Å². The Balaban J connectivity index is 2.43. The van der Waals surface area contributed by atoms with Gasteiger partial charge in [-0.05, 0) is 70.3 Å². The molecule has 0 saturated carbocycles. The molecule has 1 N–H and O–H groups in total. The zero-order chi connectivity index (χ0) is 20.7. The highest BCUT2D eigenvalue weighted by Crippen LogP contribution is 2.46. The van der Waals surface area contributed by atoms with Crippen molar-refractivity contribution in [3.8, 4) is 11.5 Å². The van der Waals surface area contributed by atoms with Crippen LogP contribution in [0.5, 0.6) is 11.5 Å². The number of unbranched alkanes of at least 4 members (excludes halogenated alkanes) is 2. The summed E-state index contributed by atoms with van der Waals surface area (Å²) in [5.41, 5.74) is 3.15. The molecule has 1 aromatic rings. The van der Waals surface area contributed by atoms with Gasteiger partial charge in [0.05, 0.1) is 6.54 Å². The second-order valence-electron chi connectivity index (χ2n) is 8.44. The van der Waals surface area contributed by atoms with Crippen LogP contribution in [0.2, 0.25) is 0 Å². The molecule has 1 aliphatic carbocycles. The van der Waals surface area contributed by atoms with Gasteiger partial charge >= 0.3 is 5.97 Å². The van der Waals surface area contributed by atoms with Gasteiger partial charge in [0, 0.05) is 11.5 Å². The van der Waals surface area contributed by atoms with Gasteiger partial charge < -0.3 is 9.84 Å². The standard InChI is InChI=1S/C24H37NO3/c1-6-8-9-10-18-14-21(26)24(20-13-17(3)11-12-19(20)7-2)22(15-18)28-23(27)16-25(4)5/h13-15,19-20,26H,6-12,16H2,1-5H3/t19-,20-/m1/s1. The number of allylic oxidation sites excluding steroid dienone is 2. The third kappa shape index (κ3) is 6.10. The Morgan fingerprint density at radius 1 is 1.25 bits per heavy atom. The number of aromatic hydroxyl groups is 1. The minimum Gasteiger partial charge on any atom is -0.507 e. The molecule has 0 unspecified atom stereocenters. The largest absolute Gasteiger partial charge is 0.507 e. The maximum atomic E-state index is 12.4. The Hall–Kier alpha value is -1.81. The fraction of sp³-hybridized carbons (Fsp3) is 0.625. The molecule has 2 atom stereocenters. The molecule has 28 heavy (non-hydrogen) atoms. The van der Waals surface area contributed by atoms with Crippen molar-refractivity contribution < 1.29 is 14.6 Å². The van der Waals surface area contributed by atoms with Crippen molar-refractivity contribution in [3.05, 3.63) is 34.9 Å². The molecule has 4 nitrogen and oxygen atoms in total. The van der Waals surface area contributed by atoms with Gasteiger partial charge in [-0.25, -0.2) is 0 Å². The van der Waals surface area contributed by atoms with Gasteiger partial charge in [0.15, 0.2) is 0 Å². The first-order valence-electron chi connectivity index (χ1n) is 10.7. The lowest BCUT2D eigenvalue weighted by Crippen LogP contribution is -2.26. The lowest BCUT2D eigenvalue weighted by atomic mass is 9.75. The zero-order valence-corrected chi connectivity index (χ0v) is 18.3. The Morgan fingerprint density at radius 3 is 2.64 bits per heavy atom. The summed E-state index contributed by atoms with van der Waals surface area (Å²) in [4.78, 5) is 14.2. The Labute approximate surface area is 170 Å². The smallest absolute Gasteiger partial charge is 0.325 e. The predicted octanol–water partition coefficient (Wildman–Crippen LogP) is 5.44. The monoisotopic (exact) mass is 387 g/mol. The van der Waals surface area contributed by atoms with Gasteiger partial charge in [0.1, 0.15) is 11.5 Å². The van der Waals surface area contributed by atoms with Gasteiger partial charge in [0.25, 0.3) is 0 Å². The maximum Gasteiger partial charge on any atom is 0.325 e. The summed E-state index contributed by atoms with van der Waals surface area (Å²) in [7, 11) is 3.70. The van der Waals surface area contributed by atoms with Crippen molar-refractivity contribution in [1.29, 1.82) is 0 Å². The molecule has 0 spiro atoms. The first kappa shape index (κ1) is 22.5. The van der Waals surface area contributed by atoms with Crippen LogP contribution in [0.1, 0.15) is 76.3 Å². The molecule has 0 aromatic heterocycles. The minimum absolute atomic E-state index is 0.0885. The number of likely N-dealkylation sites (N-methyl/N-ethyl adjacent to an activating group) is 1. The van der Waals surface area contributed by atoms with E-state index in [1.54, 1.807) is 4.90 Å². The molecule has 2 rings (SSSR count). The molecule has 1 aliphatic rings. The van der Waals surface area contributed by atoms with Crippen LogP contribution < -0.4 is 4.74 Å². The van der Waals surface area contributed by atoms with E-state index in [0.717, 1.165) is 56.1 Å². The first-order valence-corrected chi connectivity index (χ1v) is 10.7. The average molecular weight is 388 g/mol. The quantitative estimate of drug-likeness (QED) is 0.265. The van der Waals surface area contributed by atoms with Crippen LogP contribution in [0.3, 0.4) is 0 Å². The molecule has 0 bridgehead atoms. The number of hydrogen-bond acceptors (Lipinski definition) is 4. The summed E-state index contributed by atoms with van der Waals surface area (Å²) >= 11 is 0. The third-order valence-electron chi connectivity index (χ3n) is 5.66. The van der Waals surface area contributed by atoms with E-state index < -0.39 is 0 Å². The van der Waals surface area contributed by atoms with Crippen molar-refractivity contribution in [3.63, 3.8) is 0 Å². The summed E-state index contributed by atoms with van der Waals surface area (Å²) in [6, 6.07) is 3.85. The molecule has 0 saturated heterocycles.